The smallest absolute Gasteiger partial charge is 0.132 e. The molecule has 0 N–H and O–H groups in total. The first kappa shape index (κ1) is 14.4. The monoisotopic (exact) mass is 210 g/mol. The van der Waals surface area contributed by atoms with Gasteiger partial charge in [0.05, 0.1) is 0 Å². The van der Waals surface area contributed by atoms with Gasteiger partial charge in [-0.2, -0.15) is 0 Å². The fourth-order valence-corrected chi connectivity index (χ4v) is 1.67. The third-order valence-electron chi connectivity index (χ3n) is 2.76. The van der Waals surface area contributed by atoms with Gasteiger partial charge < -0.3 is 0 Å². The maximum absolute atomic E-state index is 11.0. The van der Waals surface area contributed by atoms with E-state index in [4.69, 9.17) is 0 Å². The zero-order valence-electron chi connectivity index (χ0n) is 10.3. The Bertz CT molecular complexity index is 161. The van der Waals surface area contributed by atoms with Crippen LogP contribution in [0.4, 0.5) is 0 Å². The summed E-state index contributed by atoms with van der Waals surface area (Å²) in [5.74, 6) is 0.418. The summed E-state index contributed by atoms with van der Waals surface area (Å²) in [4.78, 5) is 11.0. The number of rotatable bonds is 11. The van der Waals surface area contributed by atoms with Crippen molar-refractivity contribution in [1.29, 1.82) is 0 Å². The molecule has 0 amide bonds. The number of hydrogen-bond acceptors (Lipinski definition) is 1. The Morgan fingerprint density at radius 3 is 2.07 bits per heavy atom. The van der Waals surface area contributed by atoms with Crippen molar-refractivity contribution in [3.63, 3.8) is 0 Å². The number of ketones is 1. The van der Waals surface area contributed by atoms with E-state index in [1.807, 2.05) is 13.0 Å². The van der Waals surface area contributed by atoms with Gasteiger partial charge in [0.1, 0.15) is 5.78 Å². The van der Waals surface area contributed by atoms with Gasteiger partial charge in [0.15, 0.2) is 0 Å². The van der Waals surface area contributed by atoms with Crippen molar-refractivity contribution in [3.8, 4) is 0 Å². The molecule has 15 heavy (non-hydrogen) atoms. The van der Waals surface area contributed by atoms with Crippen molar-refractivity contribution in [2.45, 2.75) is 71.1 Å². The fourth-order valence-electron chi connectivity index (χ4n) is 1.67. The molecule has 0 saturated heterocycles. The standard InChI is InChI=1S/C14H26O/c1-3-5-6-7-8-9-10-11-12-13-14(15)4-2/h3H,1,4-13H2,2H3. The van der Waals surface area contributed by atoms with E-state index in [1.54, 1.807) is 0 Å². The van der Waals surface area contributed by atoms with Crippen LogP contribution < -0.4 is 0 Å². The summed E-state index contributed by atoms with van der Waals surface area (Å²) in [6.07, 6.45) is 13.6. The highest BCUT2D eigenvalue weighted by atomic mass is 16.1. The Kier molecular flexibility index (Phi) is 11.0. The lowest BCUT2D eigenvalue weighted by atomic mass is 10.1. The molecule has 0 fully saturated rings. The molecule has 0 spiro atoms. The first-order chi connectivity index (χ1) is 7.31. The minimum absolute atomic E-state index is 0.418. The van der Waals surface area contributed by atoms with Crippen LogP contribution in [0.25, 0.3) is 0 Å². The lowest BCUT2D eigenvalue weighted by Crippen LogP contribution is -1.94. The lowest BCUT2D eigenvalue weighted by Gasteiger charge is -2.00. The molecule has 0 aromatic rings. The van der Waals surface area contributed by atoms with Gasteiger partial charge in [-0.1, -0.05) is 45.1 Å². The number of hydrogen-bond donors (Lipinski definition) is 0. The van der Waals surface area contributed by atoms with Gasteiger partial charge in [0.25, 0.3) is 0 Å². The van der Waals surface area contributed by atoms with Crippen molar-refractivity contribution in [3.05, 3.63) is 12.7 Å². The van der Waals surface area contributed by atoms with Crippen LogP contribution in [-0.4, -0.2) is 5.78 Å². The SMILES string of the molecule is C=CCCCCCCCCCC(=O)CC. The molecule has 0 heterocycles. The molecule has 0 unspecified atom stereocenters. The minimum atomic E-state index is 0.418. The van der Waals surface area contributed by atoms with E-state index in [-0.39, 0.29) is 0 Å². The second-order valence-electron chi connectivity index (χ2n) is 4.19. The van der Waals surface area contributed by atoms with Crippen LogP contribution in [0.3, 0.4) is 0 Å². The Hall–Kier alpha value is -0.590. The topological polar surface area (TPSA) is 17.1 Å². The third kappa shape index (κ3) is 11.3. The van der Waals surface area contributed by atoms with Gasteiger partial charge in [0, 0.05) is 12.8 Å². The summed E-state index contributed by atoms with van der Waals surface area (Å²) in [6.45, 7) is 5.66. The highest BCUT2D eigenvalue weighted by Crippen LogP contribution is 2.10. The number of allylic oxidation sites excluding steroid dienone is 1. The Morgan fingerprint density at radius 2 is 1.53 bits per heavy atom. The fraction of sp³-hybridized carbons (Fsp3) is 0.786. The van der Waals surface area contributed by atoms with Crippen molar-refractivity contribution >= 4 is 5.78 Å². The summed E-state index contributed by atoms with van der Waals surface area (Å²) >= 11 is 0. The summed E-state index contributed by atoms with van der Waals surface area (Å²) in [5, 5.41) is 0. The Labute approximate surface area is 95.0 Å². The maximum atomic E-state index is 11.0. The van der Waals surface area contributed by atoms with Crippen LogP contribution in [0.15, 0.2) is 12.7 Å². The molecule has 0 aliphatic heterocycles. The zero-order valence-corrected chi connectivity index (χ0v) is 10.3. The van der Waals surface area contributed by atoms with Crippen molar-refractivity contribution in [2.24, 2.45) is 0 Å². The molecule has 1 nitrogen and oxygen atoms in total. The number of carbonyl (C=O) groups excluding carboxylic acids is 1. The van der Waals surface area contributed by atoms with Crippen LogP contribution in [0.1, 0.15) is 71.1 Å². The quantitative estimate of drug-likeness (QED) is 0.358. The highest BCUT2D eigenvalue weighted by Gasteiger charge is 1.97. The largest absolute Gasteiger partial charge is 0.300 e. The molecular weight excluding hydrogens is 184 g/mol. The summed E-state index contributed by atoms with van der Waals surface area (Å²) in [6, 6.07) is 0. The van der Waals surface area contributed by atoms with E-state index in [2.05, 4.69) is 6.58 Å². The second kappa shape index (κ2) is 11.5. The average Bonchev–Trinajstić information content (AvgIpc) is 2.26. The molecule has 0 bridgehead atoms. The van der Waals surface area contributed by atoms with Gasteiger partial charge in [-0.25, -0.2) is 0 Å². The average molecular weight is 210 g/mol. The first-order valence-electron chi connectivity index (χ1n) is 6.43. The second-order valence-corrected chi connectivity index (χ2v) is 4.19. The molecule has 0 aromatic carbocycles. The number of unbranched alkanes of at least 4 members (excludes halogenated alkanes) is 7. The highest BCUT2D eigenvalue weighted by molar-refractivity contribution is 5.77. The molecule has 0 radical (unpaired) electrons. The van der Waals surface area contributed by atoms with E-state index in [0.717, 1.165) is 19.3 Å². The molecule has 0 aliphatic rings. The van der Waals surface area contributed by atoms with Crippen LogP contribution in [0.2, 0.25) is 0 Å². The molecule has 0 atom stereocenters. The van der Waals surface area contributed by atoms with Crippen LogP contribution in [-0.2, 0) is 4.79 Å². The van der Waals surface area contributed by atoms with E-state index in [0.29, 0.717) is 12.2 Å². The van der Waals surface area contributed by atoms with Gasteiger partial charge >= 0.3 is 0 Å². The minimum Gasteiger partial charge on any atom is -0.300 e. The predicted octanol–water partition coefficient (Wildman–Crippen LogP) is 4.66. The first-order valence-corrected chi connectivity index (χ1v) is 6.43. The summed E-state index contributed by atoms with van der Waals surface area (Å²) < 4.78 is 0. The molecular formula is C14H26O. The maximum Gasteiger partial charge on any atom is 0.132 e. The van der Waals surface area contributed by atoms with E-state index in [1.165, 1.54) is 38.5 Å². The van der Waals surface area contributed by atoms with Crippen LogP contribution in [0, 0.1) is 0 Å². The molecule has 0 aliphatic carbocycles. The number of Topliss-reactive ketones (excluding diaryl/α,β-unsaturated/α-hetero) is 1. The molecule has 88 valence electrons. The van der Waals surface area contributed by atoms with Gasteiger partial charge in [-0.05, 0) is 19.3 Å². The van der Waals surface area contributed by atoms with Crippen molar-refractivity contribution in [1.82, 2.24) is 0 Å². The molecule has 1 heteroatoms. The lowest BCUT2D eigenvalue weighted by molar-refractivity contribution is -0.118. The Balaban J connectivity index is 2.98. The van der Waals surface area contributed by atoms with E-state index in [9.17, 15) is 4.79 Å². The predicted molar refractivity (Wildman–Crippen MR) is 67.0 cm³/mol. The Morgan fingerprint density at radius 1 is 1.00 bits per heavy atom. The van der Waals surface area contributed by atoms with Crippen molar-refractivity contribution in [2.75, 3.05) is 0 Å². The third-order valence-corrected chi connectivity index (χ3v) is 2.76. The van der Waals surface area contributed by atoms with Gasteiger partial charge in [-0.3, -0.25) is 4.79 Å². The van der Waals surface area contributed by atoms with E-state index < -0.39 is 0 Å². The number of carbonyl (C=O) groups is 1. The van der Waals surface area contributed by atoms with E-state index >= 15 is 0 Å². The molecule has 0 rings (SSSR count). The van der Waals surface area contributed by atoms with Gasteiger partial charge in [-0.15, -0.1) is 6.58 Å². The normalized spacial score (nSPS) is 10.2. The molecule has 0 saturated carbocycles. The van der Waals surface area contributed by atoms with Gasteiger partial charge in [0.2, 0.25) is 0 Å². The van der Waals surface area contributed by atoms with Crippen molar-refractivity contribution < 1.29 is 4.79 Å². The van der Waals surface area contributed by atoms with Crippen LogP contribution in [0.5, 0.6) is 0 Å². The zero-order chi connectivity index (χ0) is 11.4. The summed E-state index contributed by atoms with van der Waals surface area (Å²) in [5.41, 5.74) is 0. The molecule has 0 aromatic heterocycles. The van der Waals surface area contributed by atoms with Crippen LogP contribution >= 0.6 is 0 Å². The summed E-state index contributed by atoms with van der Waals surface area (Å²) in [7, 11) is 0.